The van der Waals surface area contributed by atoms with Gasteiger partial charge in [0.15, 0.2) is 0 Å². The molecule has 8 heteroatoms. The molecule has 2 unspecified atom stereocenters. The van der Waals surface area contributed by atoms with Gasteiger partial charge in [0.25, 0.3) is 0 Å². The van der Waals surface area contributed by atoms with E-state index in [4.69, 9.17) is 0 Å². The van der Waals surface area contributed by atoms with Gasteiger partial charge in [-0.1, -0.05) is 37.1 Å². The lowest BCUT2D eigenvalue weighted by Crippen LogP contribution is -2.64. The minimum atomic E-state index is -0.469. The Morgan fingerprint density at radius 3 is 2.38 bits per heavy atom. The first-order valence-corrected chi connectivity index (χ1v) is 13.2. The molecule has 2 aromatic rings. The van der Waals surface area contributed by atoms with E-state index in [1.54, 1.807) is 29.2 Å². The van der Waals surface area contributed by atoms with Crippen molar-refractivity contribution in [1.29, 1.82) is 0 Å². The van der Waals surface area contributed by atoms with Crippen molar-refractivity contribution >= 4 is 35.1 Å². The standard InChI is InChI=1S/C29H34N4O4/c1-18-6-5-8-24(19(18)2)31-27(35)17-32-25-9-4-3-7-23(25)28(36)33(29(32)37)22-14-10-20(11-15-22)16-26(34)30-21-12-13-21/h5-6,8,10-11,14-15,21,23,25H,3-4,7,9,12-13,16-17H2,1-2H3,(H,30,34)(H,31,35). The third kappa shape index (κ3) is 5.38. The molecule has 3 aliphatic rings. The molecule has 5 amide bonds. The van der Waals surface area contributed by atoms with Crippen LogP contribution in [0.2, 0.25) is 0 Å². The fourth-order valence-corrected chi connectivity index (χ4v) is 5.41. The summed E-state index contributed by atoms with van der Waals surface area (Å²) in [4.78, 5) is 55.2. The summed E-state index contributed by atoms with van der Waals surface area (Å²) in [5.41, 5.74) is 4.07. The maximum Gasteiger partial charge on any atom is 0.332 e. The van der Waals surface area contributed by atoms with Crippen molar-refractivity contribution in [3.8, 4) is 0 Å². The summed E-state index contributed by atoms with van der Waals surface area (Å²) in [6, 6.07) is 12.3. The van der Waals surface area contributed by atoms with Crippen molar-refractivity contribution < 1.29 is 19.2 Å². The van der Waals surface area contributed by atoms with Gasteiger partial charge in [0.1, 0.15) is 6.54 Å². The Morgan fingerprint density at radius 1 is 0.919 bits per heavy atom. The van der Waals surface area contributed by atoms with Crippen LogP contribution in [0.25, 0.3) is 0 Å². The number of fused-ring (bicyclic) bond motifs is 1. The Bertz CT molecular complexity index is 1220. The van der Waals surface area contributed by atoms with E-state index in [2.05, 4.69) is 10.6 Å². The number of nitrogens with one attached hydrogen (secondary N) is 2. The van der Waals surface area contributed by atoms with Crippen molar-refractivity contribution in [3.05, 3.63) is 59.2 Å². The van der Waals surface area contributed by atoms with Crippen molar-refractivity contribution in [2.24, 2.45) is 5.92 Å². The zero-order chi connectivity index (χ0) is 26.1. The molecule has 2 saturated carbocycles. The van der Waals surface area contributed by atoms with Crippen molar-refractivity contribution in [1.82, 2.24) is 10.2 Å². The number of hydrogen-bond acceptors (Lipinski definition) is 4. The molecule has 0 radical (unpaired) electrons. The van der Waals surface area contributed by atoms with Crippen molar-refractivity contribution in [2.75, 3.05) is 16.8 Å². The summed E-state index contributed by atoms with van der Waals surface area (Å²) in [5, 5.41) is 5.92. The van der Waals surface area contributed by atoms with Crippen LogP contribution in [0.1, 0.15) is 55.2 Å². The molecule has 0 spiro atoms. The third-order valence-electron chi connectivity index (χ3n) is 7.80. The molecule has 1 aliphatic heterocycles. The van der Waals surface area contributed by atoms with Crippen LogP contribution in [0.15, 0.2) is 42.5 Å². The molecule has 1 heterocycles. The molecule has 194 valence electrons. The molecule has 2 aliphatic carbocycles. The van der Waals surface area contributed by atoms with E-state index in [0.717, 1.165) is 48.1 Å². The number of benzene rings is 2. The van der Waals surface area contributed by atoms with E-state index in [1.165, 1.54) is 4.90 Å². The molecular weight excluding hydrogens is 468 g/mol. The lowest BCUT2D eigenvalue weighted by molar-refractivity contribution is -0.128. The molecule has 2 atom stereocenters. The minimum absolute atomic E-state index is 0.0218. The molecule has 8 nitrogen and oxygen atoms in total. The number of anilines is 2. The Labute approximate surface area is 217 Å². The SMILES string of the molecule is Cc1cccc(NC(=O)CN2C(=O)N(c3ccc(CC(=O)NC4CC4)cc3)C(=O)C3CCCCC32)c1C. The predicted octanol–water partition coefficient (Wildman–Crippen LogP) is 4.09. The van der Waals surface area contributed by atoms with Crippen LogP contribution in [0.3, 0.4) is 0 Å². The fourth-order valence-electron chi connectivity index (χ4n) is 5.41. The van der Waals surface area contributed by atoms with Crippen LogP contribution >= 0.6 is 0 Å². The monoisotopic (exact) mass is 502 g/mol. The second-order valence-corrected chi connectivity index (χ2v) is 10.5. The predicted molar refractivity (Wildman–Crippen MR) is 141 cm³/mol. The molecule has 0 bridgehead atoms. The van der Waals surface area contributed by atoms with Gasteiger partial charge in [-0.05, 0) is 74.4 Å². The van der Waals surface area contributed by atoms with E-state index in [-0.39, 0.29) is 42.6 Å². The van der Waals surface area contributed by atoms with Gasteiger partial charge >= 0.3 is 6.03 Å². The van der Waals surface area contributed by atoms with E-state index in [1.807, 2.05) is 32.0 Å². The van der Waals surface area contributed by atoms with Crippen LogP contribution in [0, 0.1) is 19.8 Å². The number of nitrogens with zero attached hydrogens (tertiary/aromatic N) is 2. The summed E-state index contributed by atoms with van der Waals surface area (Å²) in [5.74, 6) is -0.840. The Morgan fingerprint density at radius 2 is 1.65 bits per heavy atom. The average molecular weight is 503 g/mol. The smallest absolute Gasteiger partial charge is 0.332 e. The molecule has 2 aromatic carbocycles. The number of imide groups is 1. The highest BCUT2D eigenvalue weighted by atomic mass is 16.2. The topological polar surface area (TPSA) is 98.8 Å². The summed E-state index contributed by atoms with van der Waals surface area (Å²) < 4.78 is 0. The van der Waals surface area contributed by atoms with Crippen LogP contribution in [-0.4, -0.2) is 47.3 Å². The van der Waals surface area contributed by atoms with Gasteiger partial charge < -0.3 is 15.5 Å². The number of carbonyl (C=O) groups is 4. The number of aryl methyl sites for hydroxylation is 1. The Hall–Kier alpha value is -3.68. The maximum atomic E-state index is 13.7. The van der Waals surface area contributed by atoms with Crippen LogP contribution in [-0.2, 0) is 20.8 Å². The largest absolute Gasteiger partial charge is 0.353 e. The highest BCUT2D eigenvalue weighted by Crippen LogP contribution is 2.36. The first-order valence-electron chi connectivity index (χ1n) is 13.2. The zero-order valence-electron chi connectivity index (χ0n) is 21.5. The summed E-state index contributed by atoms with van der Waals surface area (Å²) in [7, 11) is 0. The van der Waals surface area contributed by atoms with E-state index in [0.29, 0.717) is 24.6 Å². The van der Waals surface area contributed by atoms with Gasteiger partial charge in [-0.25, -0.2) is 9.69 Å². The second-order valence-electron chi connectivity index (χ2n) is 10.5. The van der Waals surface area contributed by atoms with Crippen LogP contribution < -0.4 is 15.5 Å². The van der Waals surface area contributed by atoms with Crippen molar-refractivity contribution in [2.45, 2.75) is 70.9 Å². The van der Waals surface area contributed by atoms with Crippen LogP contribution in [0.4, 0.5) is 16.2 Å². The van der Waals surface area contributed by atoms with E-state index < -0.39 is 6.03 Å². The maximum absolute atomic E-state index is 13.7. The molecule has 5 rings (SSSR count). The third-order valence-corrected chi connectivity index (χ3v) is 7.80. The summed E-state index contributed by atoms with van der Waals surface area (Å²) >= 11 is 0. The average Bonchev–Trinajstić information content (AvgIpc) is 3.69. The van der Waals surface area contributed by atoms with Crippen molar-refractivity contribution in [3.63, 3.8) is 0 Å². The normalized spacial score (nSPS) is 21.5. The van der Waals surface area contributed by atoms with Crippen LogP contribution in [0.5, 0.6) is 0 Å². The molecule has 0 aromatic heterocycles. The summed E-state index contributed by atoms with van der Waals surface area (Å²) in [6.45, 7) is 3.82. The number of hydrogen-bond donors (Lipinski definition) is 2. The van der Waals surface area contributed by atoms with E-state index >= 15 is 0 Å². The first-order chi connectivity index (χ1) is 17.8. The number of urea groups is 1. The quantitative estimate of drug-likeness (QED) is 0.596. The van der Waals surface area contributed by atoms with Gasteiger partial charge in [0, 0.05) is 17.8 Å². The van der Waals surface area contributed by atoms with Gasteiger partial charge in [0.05, 0.1) is 18.0 Å². The highest BCUT2D eigenvalue weighted by molar-refractivity contribution is 6.17. The molecule has 37 heavy (non-hydrogen) atoms. The summed E-state index contributed by atoms with van der Waals surface area (Å²) in [6.07, 6.45) is 5.58. The lowest BCUT2D eigenvalue weighted by atomic mass is 9.81. The molecule has 1 saturated heterocycles. The minimum Gasteiger partial charge on any atom is -0.353 e. The van der Waals surface area contributed by atoms with E-state index in [9.17, 15) is 19.2 Å². The number of carbonyl (C=O) groups excluding carboxylic acids is 4. The number of amides is 5. The van der Waals surface area contributed by atoms with Gasteiger partial charge in [-0.2, -0.15) is 0 Å². The molecule has 2 N–H and O–H groups in total. The molecular formula is C29H34N4O4. The van der Waals surface area contributed by atoms with Gasteiger partial charge in [-0.3, -0.25) is 14.4 Å². The second kappa shape index (κ2) is 10.4. The highest BCUT2D eigenvalue weighted by Gasteiger charge is 2.48. The fraction of sp³-hybridized carbons (Fsp3) is 0.448. The molecule has 3 fully saturated rings. The lowest BCUT2D eigenvalue weighted by Gasteiger charge is -2.46. The van der Waals surface area contributed by atoms with Gasteiger partial charge in [0.2, 0.25) is 17.7 Å². The Balaban J connectivity index is 1.34. The van der Waals surface area contributed by atoms with Gasteiger partial charge in [-0.15, -0.1) is 0 Å². The Kier molecular flexibility index (Phi) is 7.00. The number of rotatable bonds is 7. The zero-order valence-corrected chi connectivity index (χ0v) is 21.5. The first kappa shape index (κ1) is 25.0.